The van der Waals surface area contributed by atoms with Gasteiger partial charge in [-0.25, -0.2) is 28.8 Å². The standard InChI is InChI=1S/C12H15NO6.C7H9NO3.3C7H18O3Si.2C6H8O3/c1-7(2)10(14)17-6-13-12(16)19-9(5)18-11(15)8(3)4;1-6(2)7(9)11-4-3-10-5-8;3*1-8-6-5-7-11(4,9-2)10-3;2*1-4(2)6(8)9-5(3)7/h1,3,5-6H2,2,4H3,(H,13,16);1,3-4H2,2H3;3*5-7H2,1-4H3;2*7H,1,3H2,2H3. The number of nitrogens with one attached hydrogen (secondary N) is 1. The van der Waals surface area contributed by atoms with Gasteiger partial charge in [0, 0.05) is 112 Å². The Morgan fingerprint density at radius 1 is 0.432 bits per heavy atom. The lowest BCUT2D eigenvalue weighted by molar-refractivity contribution is -0.140. The summed E-state index contributed by atoms with van der Waals surface area (Å²) in [6.07, 6.45) is 3.51. The Labute approximate surface area is 483 Å². The zero-order valence-electron chi connectivity index (χ0n) is 51.0. The predicted octanol–water partition coefficient (Wildman–Crippen LogP) is 8.42. The number of alkyl carbamates (subject to hydrolysis) is 1. The van der Waals surface area contributed by atoms with Gasteiger partial charge < -0.3 is 84.1 Å². The molecule has 0 unspecified atom stereocenters. The molecular formula is C52H94N2O24Si3. The van der Waals surface area contributed by atoms with Crippen LogP contribution in [0.15, 0.2) is 98.3 Å². The topological polar surface area (TPSA) is 326 Å². The lowest BCUT2D eigenvalue weighted by Gasteiger charge is -2.22. The molecule has 0 heterocycles. The number of hydrogen-bond donors (Lipinski definition) is 3. The molecule has 81 heavy (non-hydrogen) atoms. The Balaban J connectivity index is -0.000000160. The Hall–Kier alpha value is -6.28. The molecule has 0 saturated heterocycles. The molecule has 468 valence electrons. The van der Waals surface area contributed by atoms with E-state index in [1.807, 2.05) is 0 Å². The number of carbonyl (C=O) groups is 6. The SMILES string of the molecule is C=C(C)C(=O)OCCOC#N.C=C(O)OC(=O)C(=C)C.C=C(O)OC(=O)C(=C)C.C=C(OC(=O)NCOC(=O)C(=C)C)OC(=O)C(=C)C.COCCC[Si](C)(OC)OC.COCCC[Si](C)(OC)OC.COCCC[Si](C)(OC)OC. The zero-order chi connectivity index (χ0) is 64.8. The average molecular weight is 1220 g/mol. The van der Waals surface area contributed by atoms with E-state index < -0.39 is 86.2 Å². The number of amides is 1. The average Bonchev–Trinajstić information content (AvgIpc) is 3.40. The second-order valence-electron chi connectivity index (χ2n) is 16.4. The third-order valence-electron chi connectivity index (χ3n) is 9.01. The molecule has 0 aromatic carbocycles. The maximum atomic E-state index is 11.1. The molecule has 0 fully saturated rings. The van der Waals surface area contributed by atoms with Crippen molar-refractivity contribution in [1.29, 1.82) is 5.26 Å². The first kappa shape index (κ1) is 88.5. The smallest absolute Gasteiger partial charge is 0.417 e. The molecule has 0 spiro atoms. The fourth-order valence-electron chi connectivity index (χ4n) is 3.84. The molecule has 0 aromatic heterocycles. The highest BCUT2D eigenvalue weighted by Gasteiger charge is 2.29. The lowest BCUT2D eigenvalue weighted by Crippen LogP contribution is -2.36. The number of ether oxygens (including phenoxy) is 10. The van der Waals surface area contributed by atoms with Gasteiger partial charge in [0.2, 0.25) is 0 Å². The third-order valence-corrected chi connectivity index (χ3v) is 18.0. The van der Waals surface area contributed by atoms with E-state index in [-0.39, 0.29) is 35.5 Å². The van der Waals surface area contributed by atoms with Crippen LogP contribution in [0.2, 0.25) is 37.8 Å². The van der Waals surface area contributed by atoms with Crippen LogP contribution >= 0.6 is 0 Å². The number of methoxy groups -OCH3 is 3. The van der Waals surface area contributed by atoms with Crippen LogP contribution in [0.1, 0.15) is 53.9 Å². The molecule has 0 radical (unpaired) electrons. The number of hydrogen-bond acceptors (Lipinski definition) is 25. The third kappa shape index (κ3) is 62.8. The van der Waals surface area contributed by atoms with Gasteiger partial charge >= 0.3 is 61.6 Å². The van der Waals surface area contributed by atoms with Crippen LogP contribution in [0.3, 0.4) is 0 Å². The minimum absolute atomic E-state index is 0.0826. The molecule has 29 heteroatoms. The van der Waals surface area contributed by atoms with Crippen molar-refractivity contribution < 1.29 is 113 Å². The van der Waals surface area contributed by atoms with Crippen molar-refractivity contribution in [1.82, 2.24) is 5.32 Å². The van der Waals surface area contributed by atoms with Gasteiger partial charge in [-0.15, -0.1) is 0 Å². The molecule has 0 rings (SSSR count). The summed E-state index contributed by atoms with van der Waals surface area (Å²) >= 11 is 0. The molecule has 0 saturated carbocycles. The second-order valence-corrected chi connectivity index (χ2v) is 27.1. The lowest BCUT2D eigenvalue weighted by atomic mass is 10.4. The van der Waals surface area contributed by atoms with Crippen LogP contribution in [0.5, 0.6) is 0 Å². The number of esters is 5. The first-order valence-corrected chi connectivity index (χ1v) is 31.6. The van der Waals surface area contributed by atoms with E-state index >= 15 is 0 Å². The monoisotopic (exact) mass is 1210 g/mol. The largest absolute Gasteiger partial charge is 0.481 e. The molecule has 0 aliphatic rings. The number of rotatable bonds is 32. The molecule has 0 aliphatic carbocycles. The van der Waals surface area contributed by atoms with Gasteiger partial charge in [0.1, 0.15) is 13.2 Å². The minimum Gasteiger partial charge on any atom is -0.481 e. The summed E-state index contributed by atoms with van der Waals surface area (Å²) in [4.78, 5) is 64.6. The summed E-state index contributed by atoms with van der Waals surface area (Å²) in [5.74, 6) is -4.96. The normalized spacial score (nSPS) is 9.88. The van der Waals surface area contributed by atoms with Gasteiger partial charge in [-0.3, -0.25) is 5.32 Å². The first-order chi connectivity index (χ1) is 37.5. The van der Waals surface area contributed by atoms with E-state index in [2.05, 4.69) is 111 Å². The summed E-state index contributed by atoms with van der Waals surface area (Å²) in [7, 11) is 9.94. The Kier molecular flexibility index (Phi) is 60.8. The quantitative estimate of drug-likeness (QED) is 0.00831. The number of aliphatic hydroxyl groups is 2. The summed E-state index contributed by atoms with van der Waals surface area (Å²) in [6, 6.07) is 2.98. The Bertz CT molecular complexity index is 1870. The highest BCUT2D eigenvalue weighted by atomic mass is 28.4. The van der Waals surface area contributed by atoms with Crippen molar-refractivity contribution in [2.24, 2.45) is 0 Å². The Morgan fingerprint density at radius 3 is 0.951 bits per heavy atom. The highest BCUT2D eigenvalue weighted by Crippen LogP contribution is 2.15. The summed E-state index contributed by atoms with van der Waals surface area (Å²) in [5, 5.41) is 26.6. The van der Waals surface area contributed by atoms with Gasteiger partial charge in [-0.2, -0.15) is 5.26 Å². The number of nitrogens with zero attached hydrogens (tertiary/aromatic N) is 1. The molecule has 0 aliphatic heterocycles. The second kappa shape index (κ2) is 55.6. The van der Waals surface area contributed by atoms with Crippen LogP contribution < -0.4 is 5.32 Å². The molecule has 0 bridgehead atoms. The Morgan fingerprint density at radius 2 is 0.716 bits per heavy atom. The predicted molar refractivity (Wildman–Crippen MR) is 309 cm³/mol. The van der Waals surface area contributed by atoms with E-state index in [1.165, 1.54) is 34.0 Å². The highest BCUT2D eigenvalue weighted by molar-refractivity contribution is 6.66. The van der Waals surface area contributed by atoms with Gasteiger partial charge in [-0.1, -0.05) is 32.9 Å². The summed E-state index contributed by atoms with van der Waals surface area (Å²) < 4.78 is 77.3. The van der Waals surface area contributed by atoms with Crippen molar-refractivity contribution in [3.05, 3.63) is 98.3 Å². The van der Waals surface area contributed by atoms with Crippen LogP contribution in [-0.2, 0) is 97.9 Å². The maximum Gasteiger partial charge on any atom is 0.417 e. The van der Waals surface area contributed by atoms with Crippen molar-refractivity contribution in [2.45, 2.75) is 91.7 Å². The molecule has 1 amide bonds. The van der Waals surface area contributed by atoms with E-state index in [0.717, 1.165) is 57.2 Å². The van der Waals surface area contributed by atoms with Crippen molar-refractivity contribution in [3.63, 3.8) is 0 Å². The van der Waals surface area contributed by atoms with Gasteiger partial charge in [0.25, 0.3) is 24.1 Å². The maximum absolute atomic E-state index is 11.1. The summed E-state index contributed by atoms with van der Waals surface area (Å²) in [6.45, 7) is 41.4. The van der Waals surface area contributed by atoms with Crippen molar-refractivity contribution in [3.8, 4) is 6.26 Å². The molecule has 0 aromatic rings. The van der Waals surface area contributed by atoms with Crippen LogP contribution in [-0.4, -0.2) is 176 Å². The van der Waals surface area contributed by atoms with Gasteiger partial charge in [-0.05, 0) is 111 Å². The van der Waals surface area contributed by atoms with E-state index in [9.17, 15) is 28.8 Å². The molecule has 3 N–H and O–H groups in total. The first-order valence-electron chi connectivity index (χ1n) is 24.0. The number of carbonyl (C=O) groups excluding carboxylic acids is 6. The van der Waals surface area contributed by atoms with Crippen LogP contribution in [0.4, 0.5) is 4.79 Å². The fraction of sp³-hybridized carbons (Fsp3) is 0.558. The van der Waals surface area contributed by atoms with Crippen LogP contribution in [0, 0.1) is 11.5 Å². The van der Waals surface area contributed by atoms with E-state index in [4.69, 9.17) is 56.2 Å². The van der Waals surface area contributed by atoms with Crippen molar-refractivity contribution >= 4 is 61.6 Å². The summed E-state index contributed by atoms with van der Waals surface area (Å²) in [5.41, 5.74) is 1.10. The van der Waals surface area contributed by atoms with Crippen molar-refractivity contribution in [2.75, 3.05) is 104 Å². The minimum atomic E-state index is -1.81. The van der Waals surface area contributed by atoms with Gasteiger partial charge in [0.15, 0.2) is 6.73 Å². The number of aliphatic hydroxyl groups excluding tert-OH is 2. The van der Waals surface area contributed by atoms with Crippen LogP contribution in [0.25, 0.3) is 0 Å². The van der Waals surface area contributed by atoms with E-state index in [1.54, 1.807) is 70.9 Å². The van der Waals surface area contributed by atoms with Gasteiger partial charge in [0.05, 0.1) is 0 Å². The molecular weight excluding hydrogens is 1120 g/mol. The molecule has 26 nitrogen and oxygen atoms in total. The van der Waals surface area contributed by atoms with E-state index in [0.29, 0.717) is 5.57 Å². The fourth-order valence-corrected chi connectivity index (χ4v) is 7.93. The zero-order valence-corrected chi connectivity index (χ0v) is 54.0. The molecule has 0 atom stereocenters. The number of nitriles is 1.